The molecule has 1 aromatic rings. The van der Waals surface area contributed by atoms with Crippen molar-refractivity contribution in [1.29, 1.82) is 0 Å². The summed E-state index contributed by atoms with van der Waals surface area (Å²) in [6, 6.07) is 10.2. The fourth-order valence-corrected chi connectivity index (χ4v) is 1.34. The van der Waals surface area contributed by atoms with Gasteiger partial charge in [-0.1, -0.05) is 0 Å². The summed E-state index contributed by atoms with van der Waals surface area (Å²) >= 11 is -0.304. The Balaban J connectivity index is 2.83. The van der Waals surface area contributed by atoms with Crippen molar-refractivity contribution in [3.8, 4) is 0 Å². The molecule has 0 bridgehead atoms. The molecule has 0 aliphatic rings. The van der Waals surface area contributed by atoms with Crippen molar-refractivity contribution in [3.63, 3.8) is 0 Å². The van der Waals surface area contributed by atoms with Crippen molar-refractivity contribution in [3.05, 3.63) is 30.3 Å². The molecular weight excluding hydrogens is 158 g/mol. The minimum absolute atomic E-state index is 0.304. The molecule has 1 rings (SSSR count). The van der Waals surface area contributed by atoms with E-state index in [1.807, 2.05) is 18.2 Å². The van der Waals surface area contributed by atoms with Crippen LogP contribution >= 0.6 is 0 Å². The molecule has 1 aromatic carbocycles. The topological polar surface area (TPSA) is 0 Å². The van der Waals surface area contributed by atoms with Crippen molar-refractivity contribution in [1.82, 2.24) is 0 Å². The molecule has 0 aliphatic carbocycles. The number of hydrogen-bond acceptors (Lipinski definition) is 0. The predicted molar refractivity (Wildman–Crippen MR) is 39.0 cm³/mol. The molecule has 8 heavy (non-hydrogen) atoms. The summed E-state index contributed by atoms with van der Waals surface area (Å²) < 4.78 is 1.31. The molecule has 0 nitrogen and oxygen atoms in total. The Bertz CT molecular complexity index is 150. The fourth-order valence-electron chi connectivity index (χ4n) is 0.534. The van der Waals surface area contributed by atoms with E-state index >= 15 is 0 Å². The van der Waals surface area contributed by atoms with Crippen molar-refractivity contribution in [2.75, 3.05) is 0 Å². The van der Waals surface area contributed by atoms with Gasteiger partial charge in [0.25, 0.3) is 0 Å². The van der Waals surface area contributed by atoms with Gasteiger partial charge in [-0.05, 0) is 0 Å². The van der Waals surface area contributed by atoms with Crippen molar-refractivity contribution in [2.45, 2.75) is 0 Å². The molecule has 2 radical (unpaired) electrons. The summed E-state index contributed by atoms with van der Waals surface area (Å²) in [6.07, 6.45) is 0. The Kier molecular flexibility index (Phi) is 2.23. The molecular formula is C6H6AsB. The summed E-state index contributed by atoms with van der Waals surface area (Å²) in [6.45, 7) is 5.47. The van der Waals surface area contributed by atoms with Crippen LogP contribution in [0, 0.1) is 0 Å². The van der Waals surface area contributed by atoms with Gasteiger partial charge in [0.05, 0.1) is 0 Å². The first-order valence-electron chi connectivity index (χ1n) is 2.45. The van der Waals surface area contributed by atoms with Gasteiger partial charge < -0.3 is 0 Å². The van der Waals surface area contributed by atoms with E-state index in [2.05, 4.69) is 12.1 Å². The third-order valence-electron chi connectivity index (χ3n) is 0.940. The Morgan fingerprint density at radius 3 is 2.12 bits per heavy atom. The second-order valence-electron chi connectivity index (χ2n) is 1.51. The van der Waals surface area contributed by atoms with Gasteiger partial charge in [-0.2, -0.15) is 0 Å². The zero-order valence-corrected chi connectivity index (χ0v) is 6.56. The van der Waals surface area contributed by atoms with Crippen LogP contribution in [-0.2, 0) is 0 Å². The van der Waals surface area contributed by atoms with Crippen molar-refractivity contribution in [2.24, 2.45) is 0 Å². The van der Waals surface area contributed by atoms with Crippen LogP contribution in [-0.4, -0.2) is 22.1 Å². The summed E-state index contributed by atoms with van der Waals surface area (Å²) in [4.78, 5) is 0. The minimum atomic E-state index is -0.304. The average Bonchev–Trinajstić information content (AvgIpc) is 1.90. The zero-order chi connectivity index (χ0) is 5.82. The first-order valence-corrected chi connectivity index (χ1v) is 4.71. The number of benzene rings is 1. The zero-order valence-electron chi connectivity index (χ0n) is 4.46. The van der Waals surface area contributed by atoms with Crippen LogP contribution in [0.1, 0.15) is 0 Å². The van der Waals surface area contributed by atoms with E-state index in [-0.39, 0.29) is 15.6 Å². The summed E-state index contributed by atoms with van der Waals surface area (Å²) in [5.74, 6) is 0. The Morgan fingerprint density at radius 2 is 1.75 bits per heavy atom. The molecule has 0 amide bonds. The molecule has 1 atom stereocenters. The van der Waals surface area contributed by atoms with Crippen molar-refractivity contribution < 1.29 is 0 Å². The van der Waals surface area contributed by atoms with Crippen LogP contribution < -0.4 is 4.35 Å². The molecule has 38 valence electrons. The molecule has 0 aromatic heterocycles. The second-order valence-corrected chi connectivity index (χ2v) is 3.33. The van der Waals surface area contributed by atoms with Crippen LogP contribution in [0.2, 0.25) is 0 Å². The van der Waals surface area contributed by atoms with E-state index in [1.54, 1.807) is 0 Å². The van der Waals surface area contributed by atoms with Gasteiger partial charge in [0.1, 0.15) is 0 Å². The van der Waals surface area contributed by atoms with E-state index < -0.39 is 0 Å². The third kappa shape index (κ3) is 1.41. The van der Waals surface area contributed by atoms with Gasteiger partial charge in [-0.3, -0.25) is 0 Å². The Hall–Kier alpha value is -0.157. The maximum absolute atomic E-state index is 5.47. The van der Waals surface area contributed by atoms with E-state index in [0.717, 1.165) is 0 Å². The molecule has 0 heterocycles. The van der Waals surface area contributed by atoms with Crippen LogP contribution in [0.4, 0.5) is 0 Å². The van der Waals surface area contributed by atoms with Gasteiger partial charge in [-0.15, -0.1) is 0 Å². The van der Waals surface area contributed by atoms with E-state index in [4.69, 9.17) is 6.54 Å². The first-order chi connectivity index (χ1) is 3.93. The molecule has 2 heteroatoms. The fraction of sp³-hybridized carbons (Fsp3) is 0. The van der Waals surface area contributed by atoms with Gasteiger partial charge in [-0.25, -0.2) is 0 Å². The molecule has 1 unspecified atom stereocenters. The van der Waals surface area contributed by atoms with Crippen LogP contribution in [0.3, 0.4) is 0 Å². The Morgan fingerprint density at radius 1 is 1.12 bits per heavy atom. The number of rotatable bonds is 1. The van der Waals surface area contributed by atoms with E-state index in [0.29, 0.717) is 0 Å². The standard InChI is InChI=1S/C6H6AsB/c8-7-6-4-2-1-3-5-6/h1-5,7H. The van der Waals surface area contributed by atoms with Gasteiger partial charge >= 0.3 is 56.8 Å². The summed E-state index contributed by atoms with van der Waals surface area (Å²) in [5.41, 5.74) is 0. The van der Waals surface area contributed by atoms with Gasteiger partial charge in [0.15, 0.2) is 0 Å². The molecule has 0 spiro atoms. The Labute approximate surface area is 57.2 Å². The van der Waals surface area contributed by atoms with E-state index in [9.17, 15) is 0 Å². The van der Waals surface area contributed by atoms with Crippen LogP contribution in [0.25, 0.3) is 0 Å². The SMILES string of the molecule is [B][AsH]c1ccccc1. The molecule has 0 aliphatic heterocycles. The first kappa shape index (κ1) is 5.97. The molecule has 0 N–H and O–H groups in total. The predicted octanol–water partition coefficient (Wildman–Crippen LogP) is -0.168. The quantitative estimate of drug-likeness (QED) is 0.505. The van der Waals surface area contributed by atoms with Gasteiger partial charge in [0, 0.05) is 0 Å². The maximum atomic E-state index is 5.47. The van der Waals surface area contributed by atoms with Gasteiger partial charge in [0.2, 0.25) is 0 Å². The second kappa shape index (κ2) is 2.99. The monoisotopic (exact) mass is 164 g/mol. The van der Waals surface area contributed by atoms with Crippen LogP contribution in [0.15, 0.2) is 30.3 Å². The normalized spacial score (nSPS) is 10.5. The summed E-state index contributed by atoms with van der Waals surface area (Å²) in [7, 11) is 0. The molecule has 0 fully saturated rings. The summed E-state index contributed by atoms with van der Waals surface area (Å²) in [5, 5.41) is 0. The van der Waals surface area contributed by atoms with Crippen LogP contribution in [0.5, 0.6) is 0 Å². The molecule has 0 saturated carbocycles. The van der Waals surface area contributed by atoms with E-state index in [1.165, 1.54) is 4.35 Å². The third-order valence-corrected chi connectivity index (χ3v) is 2.34. The molecule has 0 saturated heterocycles. The number of hydrogen-bond donors (Lipinski definition) is 0. The average molecular weight is 164 g/mol. The van der Waals surface area contributed by atoms with Crippen molar-refractivity contribution >= 4 is 26.5 Å².